The number of nitrogens with two attached hydrogens (primary N) is 1. The number of benzene rings is 2. The Morgan fingerprint density at radius 3 is 2.53 bits per heavy atom. The van der Waals surface area contributed by atoms with Gasteiger partial charge in [0.1, 0.15) is 0 Å². The van der Waals surface area contributed by atoms with E-state index in [1.165, 1.54) is 5.56 Å². The second kappa shape index (κ2) is 6.53. The molecule has 2 rings (SSSR count). The summed E-state index contributed by atoms with van der Waals surface area (Å²) in [6, 6.07) is 16.0. The van der Waals surface area contributed by atoms with Crippen LogP contribution in [0.4, 0.5) is 5.69 Å². The maximum atomic E-state index is 12.2. The van der Waals surface area contributed by atoms with E-state index in [2.05, 4.69) is 12.1 Å². The summed E-state index contributed by atoms with van der Waals surface area (Å²) < 4.78 is 12.2. The highest BCUT2D eigenvalue weighted by molar-refractivity contribution is 7.85. The summed E-state index contributed by atoms with van der Waals surface area (Å²) in [4.78, 5) is 0.763. The van der Waals surface area contributed by atoms with E-state index in [-0.39, 0.29) is 0 Å². The molecule has 2 nitrogen and oxygen atoms in total. The Balaban J connectivity index is 1.91. The molecule has 0 aliphatic heterocycles. The second-order valence-electron chi connectivity index (χ2n) is 4.68. The molecule has 0 saturated heterocycles. The van der Waals surface area contributed by atoms with Crippen LogP contribution in [0.5, 0.6) is 0 Å². The molecule has 0 aromatic heterocycles. The van der Waals surface area contributed by atoms with Crippen molar-refractivity contribution in [2.75, 3.05) is 11.5 Å². The zero-order chi connectivity index (χ0) is 13.7. The SMILES string of the molecule is Cc1ccc(S(=O)CCCc2ccccc2)c(N)c1. The lowest BCUT2D eigenvalue weighted by atomic mass is 10.1. The summed E-state index contributed by atoms with van der Waals surface area (Å²) in [5, 5.41) is 0. The van der Waals surface area contributed by atoms with Crippen LogP contribution in [0.25, 0.3) is 0 Å². The van der Waals surface area contributed by atoms with Gasteiger partial charge >= 0.3 is 0 Å². The summed E-state index contributed by atoms with van der Waals surface area (Å²) in [6.45, 7) is 1.98. The molecule has 0 saturated carbocycles. The Kier molecular flexibility index (Phi) is 4.74. The minimum absolute atomic E-state index is 0.637. The van der Waals surface area contributed by atoms with Crippen LogP contribution in [0.15, 0.2) is 53.4 Å². The summed E-state index contributed by atoms with van der Waals surface area (Å²) in [5.41, 5.74) is 8.94. The fourth-order valence-corrected chi connectivity index (χ4v) is 3.21. The van der Waals surface area contributed by atoms with Gasteiger partial charge in [-0.05, 0) is 43.0 Å². The van der Waals surface area contributed by atoms with Gasteiger partial charge in [-0.3, -0.25) is 4.21 Å². The van der Waals surface area contributed by atoms with Gasteiger partial charge in [-0.1, -0.05) is 36.4 Å². The van der Waals surface area contributed by atoms with Crippen LogP contribution >= 0.6 is 0 Å². The fourth-order valence-electron chi connectivity index (χ4n) is 2.04. The molecule has 19 heavy (non-hydrogen) atoms. The van der Waals surface area contributed by atoms with Gasteiger partial charge in [-0.25, -0.2) is 0 Å². The zero-order valence-electron chi connectivity index (χ0n) is 11.1. The third-order valence-corrected chi connectivity index (χ3v) is 4.57. The van der Waals surface area contributed by atoms with Crippen molar-refractivity contribution in [1.82, 2.24) is 0 Å². The number of hydrogen-bond acceptors (Lipinski definition) is 2. The Morgan fingerprint density at radius 1 is 1.11 bits per heavy atom. The monoisotopic (exact) mass is 273 g/mol. The summed E-state index contributed by atoms with van der Waals surface area (Å²) in [7, 11) is -1.00. The maximum Gasteiger partial charge on any atom is 0.0617 e. The van der Waals surface area contributed by atoms with Crippen molar-refractivity contribution in [3.05, 3.63) is 59.7 Å². The van der Waals surface area contributed by atoms with Crippen molar-refractivity contribution < 1.29 is 4.21 Å². The molecule has 0 heterocycles. The molecule has 0 spiro atoms. The van der Waals surface area contributed by atoms with Crippen molar-refractivity contribution in [3.8, 4) is 0 Å². The minimum Gasteiger partial charge on any atom is -0.398 e. The lowest BCUT2D eigenvalue weighted by molar-refractivity contribution is 0.680. The molecular weight excluding hydrogens is 254 g/mol. The summed E-state index contributed by atoms with van der Waals surface area (Å²) >= 11 is 0. The summed E-state index contributed by atoms with van der Waals surface area (Å²) in [6.07, 6.45) is 1.86. The second-order valence-corrected chi connectivity index (χ2v) is 6.22. The highest BCUT2D eigenvalue weighted by atomic mass is 32.2. The van der Waals surface area contributed by atoms with Gasteiger partial charge in [-0.2, -0.15) is 0 Å². The molecule has 0 aliphatic carbocycles. The van der Waals surface area contributed by atoms with Crippen molar-refractivity contribution in [2.45, 2.75) is 24.7 Å². The van der Waals surface area contributed by atoms with E-state index in [4.69, 9.17) is 5.73 Å². The first kappa shape index (κ1) is 13.8. The van der Waals surface area contributed by atoms with Gasteiger partial charge in [0.15, 0.2) is 0 Å². The average molecular weight is 273 g/mol. The van der Waals surface area contributed by atoms with Crippen LogP contribution in [-0.4, -0.2) is 9.96 Å². The molecule has 0 aliphatic rings. The van der Waals surface area contributed by atoms with Crippen molar-refractivity contribution >= 4 is 16.5 Å². The zero-order valence-corrected chi connectivity index (χ0v) is 12.0. The molecule has 1 atom stereocenters. The Morgan fingerprint density at radius 2 is 1.84 bits per heavy atom. The average Bonchev–Trinajstić information content (AvgIpc) is 2.39. The Labute approximate surface area is 117 Å². The van der Waals surface area contributed by atoms with E-state index in [1.54, 1.807) is 0 Å². The molecule has 2 aromatic rings. The van der Waals surface area contributed by atoms with Crippen molar-refractivity contribution in [1.29, 1.82) is 0 Å². The molecule has 0 radical (unpaired) electrons. The smallest absolute Gasteiger partial charge is 0.0617 e. The van der Waals surface area contributed by atoms with E-state index in [0.717, 1.165) is 23.3 Å². The van der Waals surface area contributed by atoms with Gasteiger partial charge < -0.3 is 5.73 Å². The predicted molar refractivity (Wildman–Crippen MR) is 81.6 cm³/mol. The first-order chi connectivity index (χ1) is 9.16. The molecule has 2 N–H and O–H groups in total. The lowest BCUT2D eigenvalue weighted by Crippen LogP contribution is -2.03. The number of hydrogen-bond donors (Lipinski definition) is 1. The number of rotatable bonds is 5. The third-order valence-electron chi connectivity index (χ3n) is 3.05. The summed E-state index contributed by atoms with van der Waals surface area (Å²) in [5.74, 6) is 0.655. The number of nitrogen functional groups attached to an aromatic ring is 1. The largest absolute Gasteiger partial charge is 0.398 e. The van der Waals surface area contributed by atoms with E-state index >= 15 is 0 Å². The maximum absolute atomic E-state index is 12.2. The first-order valence-electron chi connectivity index (χ1n) is 6.45. The van der Waals surface area contributed by atoms with Crippen LogP contribution in [0, 0.1) is 6.92 Å². The molecule has 100 valence electrons. The van der Waals surface area contributed by atoms with Crippen LogP contribution < -0.4 is 5.73 Å². The van der Waals surface area contributed by atoms with Gasteiger partial charge in [-0.15, -0.1) is 0 Å². The lowest BCUT2D eigenvalue weighted by Gasteiger charge is -2.07. The standard InChI is InChI=1S/C16H19NOS/c1-13-9-10-16(15(17)12-13)19(18)11-5-8-14-6-3-2-4-7-14/h2-4,6-7,9-10,12H,5,8,11,17H2,1H3. The molecule has 0 amide bonds. The topological polar surface area (TPSA) is 43.1 Å². The first-order valence-corrected chi connectivity index (χ1v) is 7.77. The van der Waals surface area contributed by atoms with Crippen LogP contribution in [0.1, 0.15) is 17.5 Å². The normalized spacial score (nSPS) is 12.3. The van der Waals surface area contributed by atoms with E-state index in [9.17, 15) is 4.21 Å². The van der Waals surface area contributed by atoms with Crippen LogP contribution in [-0.2, 0) is 17.2 Å². The predicted octanol–water partition coefficient (Wildman–Crippen LogP) is 3.32. The van der Waals surface area contributed by atoms with Crippen LogP contribution in [0.3, 0.4) is 0 Å². The number of aryl methyl sites for hydroxylation is 2. The highest BCUT2D eigenvalue weighted by Crippen LogP contribution is 2.18. The Hall–Kier alpha value is -1.61. The van der Waals surface area contributed by atoms with Crippen LogP contribution in [0.2, 0.25) is 0 Å². The molecule has 0 fully saturated rings. The third kappa shape index (κ3) is 3.93. The fraction of sp³-hybridized carbons (Fsp3) is 0.250. The molecule has 2 aromatic carbocycles. The molecule has 1 unspecified atom stereocenters. The molecule has 3 heteroatoms. The van der Waals surface area contributed by atoms with Gasteiger partial charge in [0.25, 0.3) is 0 Å². The highest BCUT2D eigenvalue weighted by Gasteiger charge is 2.07. The number of anilines is 1. The Bertz CT molecular complexity index is 566. The molecule has 0 bridgehead atoms. The molecular formula is C16H19NOS. The van der Waals surface area contributed by atoms with Gasteiger partial charge in [0.2, 0.25) is 0 Å². The quantitative estimate of drug-likeness (QED) is 0.849. The minimum atomic E-state index is -1.00. The van der Waals surface area contributed by atoms with E-state index < -0.39 is 10.8 Å². The van der Waals surface area contributed by atoms with Gasteiger partial charge in [0, 0.05) is 11.4 Å². The van der Waals surface area contributed by atoms with E-state index in [0.29, 0.717) is 11.4 Å². The van der Waals surface area contributed by atoms with E-state index in [1.807, 2.05) is 43.3 Å². The van der Waals surface area contributed by atoms with Crippen molar-refractivity contribution in [3.63, 3.8) is 0 Å². The van der Waals surface area contributed by atoms with Crippen molar-refractivity contribution in [2.24, 2.45) is 0 Å². The van der Waals surface area contributed by atoms with Gasteiger partial charge in [0.05, 0.1) is 15.7 Å².